The minimum Gasteiger partial charge on any atom is -0.253 e. The Kier molecular flexibility index (Phi) is 4.36. The number of aromatic nitrogens is 3. The van der Waals surface area contributed by atoms with Gasteiger partial charge >= 0.3 is 0 Å². The molecule has 0 aliphatic carbocycles. The fraction of sp³-hybridized carbons (Fsp3) is 0.0741. The van der Waals surface area contributed by atoms with Crippen LogP contribution >= 0.6 is 0 Å². The summed E-state index contributed by atoms with van der Waals surface area (Å²) in [5, 5.41) is 1.13. The second-order valence-corrected chi connectivity index (χ2v) is 7.61. The normalized spacial score (nSPS) is 12.0. The predicted octanol–water partition coefficient (Wildman–Crippen LogP) is 6.76. The molecule has 0 N–H and O–H groups in total. The SMILES string of the molecule is C=C(C)C(=Cc1cc2ccccc2nc1C)c1ccc2nc3ccccc3nc2c1. The van der Waals surface area contributed by atoms with Crippen LogP contribution in [0.25, 0.3) is 44.6 Å². The third kappa shape index (κ3) is 3.25. The summed E-state index contributed by atoms with van der Waals surface area (Å²) in [5.41, 5.74) is 9.83. The molecule has 5 rings (SSSR count). The van der Waals surface area contributed by atoms with Gasteiger partial charge in [0.05, 0.1) is 27.6 Å². The van der Waals surface area contributed by atoms with Gasteiger partial charge in [-0.05, 0) is 73.0 Å². The summed E-state index contributed by atoms with van der Waals surface area (Å²) in [5.74, 6) is 0. The zero-order chi connectivity index (χ0) is 20.7. The Labute approximate surface area is 175 Å². The first-order chi connectivity index (χ1) is 14.6. The van der Waals surface area contributed by atoms with Gasteiger partial charge in [0.1, 0.15) is 0 Å². The molecule has 0 radical (unpaired) electrons. The molecule has 0 atom stereocenters. The molecule has 0 bridgehead atoms. The first-order valence-corrected chi connectivity index (χ1v) is 9.99. The fourth-order valence-electron chi connectivity index (χ4n) is 3.77. The number of aryl methyl sites for hydroxylation is 1. The van der Waals surface area contributed by atoms with Crippen molar-refractivity contribution in [2.45, 2.75) is 13.8 Å². The summed E-state index contributed by atoms with van der Waals surface area (Å²) < 4.78 is 0. The Bertz CT molecular complexity index is 1480. The monoisotopic (exact) mass is 387 g/mol. The van der Waals surface area contributed by atoms with Gasteiger partial charge in [0.2, 0.25) is 0 Å². The zero-order valence-electron chi connectivity index (χ0n) is 17.1. The number of allylic oxidation sites excluding steroid dienone is 2. The highest BCUT2D eigenvalue weighted by Crippen LogP contribution is 2.29. The van der Waals surface area contributed by atoms with Gasteiger partial charge in [-0.2, -0.15) is 0 Å². The van der Waals surface area contributed by atoms with Crippen LogP contribution in [0.15, 0.2) is 84.9 Å². The molecule has 0 saturated heterocycles. The van der Waals surface area contributed by atoms with Gasteiger partial charge in [-0.1, -0.05) is 48.6 Å². The Balaban J connectivity index is 1.67. The van der Waals surface area contributed by atoms with Gasteiger partial charge in [-0.3, -0.25) is 4.98 Å². The number of pyridine rings is 1. The van der Waals surface area contributed by atoms with Gasteiger partial charge in [0.25, 0.3) is 0 Å². The third-order valence-electron chi connectivity index (χ3n) is 5.36. The van der Waals surface area contributed by atoms with E-state index in [9.17, 15) is 0 Å². The molecule has 0 fully saturated rings. The lowest BCUT2D eigenvalue weighted by Gasteiger charge is -2.11. The van der Waals surface area contributed by atoms with Crippen molar-refractivity contribution in [1.29, 1.82) is 0 Å². The maximum absolute atomic E-state index is 4.81. The predicted molar refractivity (Wildman–Crippen MR) is 126 cm³/mol. The average molecular weight is 387 g/mol. The molecule has 0 saturated carbocycles. The van der Waals surface area contributed by atoms with E-state index in [0.717, 1.165) is 60.9 Å². The van der Waals surface area contributed by atoms with Gasteiger partial charge < -0.3 is 0 Å². The minimum absolute atomic E-state index is 0.881. The summed E-state index contributed by atoms with van der Waals surface area (Å²) in [6.45, 7) is 8.31. The van der Waals surface area contributed by atoms with E-state index in [1.165, 1.54) is 0 Å². The molecule has 30 heavy (non-hydrogen) atoms. The molecule has 2 aromatic heterocycles. The van der Waals surface area contributed by atoms with E-state index < -0.39 is 0 Å². The summed E-state index contributed by atoms with van der Waals surface area (Å²) in [6.07, 6.45) is 2.17. The maximum Gasteiger partial charge on any atom is 0.0900 e. The average Bonchev–Trinajstić information content (AvgIpc) is 2.75. The van der Waals surface area contributed by atoms with Gasteiger partial charge in [-0.15, -0.1) is 0 Å². The summed E-state index contributed by atoms with van der Waals surface area (Å²) >= 11 is 0. The molecule has 3 nitrogen and oxygen atoms in total. The lowest BCUT2D eigenvalue weighted by atomic mass is 9.96. The van der Waals surface area contributed by atoms with Crippen molar-refractivity contribution in [3.05, 3.63) is 102 Å². The molecule has 0 aliphatic heterocycles. The lowest BCUT2D eigenvalue weighted by Crippen LogP contribution is -1.93. The Hall–Kier alpha value is -3.85. The van der Waals surface area contributed by atoms with Crippen molar-refractivity contribution in [1.82, 2.24) is 15.0 Å². The van der Waals surface area contributed by atoms with E-state index in [1.807, 2.05) is 62.4 Å². The molecule has 0 aliphatic rings. The van der Waals surface area contributed by atoms with E-state index in [4.69, 9.17) is 15.0 Å². The highest BCUT2D eigenvalue weighted by Gasteiger charge is 2.09. The summed E-state index contributed by atoms with van der Waals surface area (Å²) in [6, 6.07) is 24.6. The lowest BCUT2D eigenvalue weighted by molar-refractivity contribution is 1.24. The van der Waals surface area contributed by atoms with Crippen LogP contribution in [0.4, 0.5) is 0 Å². The van der Waals surface area contributed by atoms with Gasteiger partial charge in [0, 0.05) is 11.1 Å². The number of benzene rings is 3. The van der Waals surface area contributed by atoms with Crippen LogP contribution in [0.3, 0.4) is 0 Å². The molecule has 5 aromatic rings. The van der Waals surface area contributed by atoms with Crippen LogP contribution in [-0.2, 0) is 0 Å². The maximum atomic E-state index is 4.81. The van der Waals surface area contributed by atoms with Crippen molar-refractivity contribution in [2.24, 2.45) is 0 Å². The van der Waals surface area contributed by atoms with E-state index in [-0.39, 0.29) is 0 Å². The number of rotatable bonds is 3. The van der Waals surface area contributed by atoms with E-state index >= 15 is 0 Å². The molecule has 2 heterocycles. The first-order valence-electron chi connectivity index (χ1n) is 9.99. The van der Waals surface area contributed by atoms with Crippen LogP contribution in [0.5, 0.6) is 0 Å². The number of hydrogen-bond donors (Lipinski definition) is 0. The summed E-state index contributed by atoms with van der Waals surface area (Å²) in [4.78, 5) is 14.3. The fourth-order valence-corrected chi connectivity index (χ4v) is 3.77. The van der Waals surface area contributed by atoms with E-state index in [1.54, 1.807) is 0 Å². The second-order valence-electron chi connectivity index (χ2n) is 7.61. The van der Waals surface area contributed by atoms with E-state index in [2.05, 4.69) is 36.9 Å². The first kappa shape index (κ1) is 18.2. The second kappa shape index (κ2) is 7.20. The Morgan fingerprint density at radius 3 is 2.10 bits per heavy atom. The highest BCUT2D eigenvalue weighted by atomic mass is 14.8. The van der Waals surface area contributed by atoms with Crippen LogP contribution < -0.4 is 0 Å². The van der Waals surface area contributed by atoms with Gasteiger partial charge in [0.15, 0.2) is 0 Å². The van der Waals surface area contributed by atoms with Crippen LogP contribution in [-0.4, -0.2) is 15.0 Å². The van der Waals surface area contributed by atoms with Crippen molar-refractivity contribution in [3.8, 4) is 0 Å². The minimum atomic E-state index is 0.881. The van der Waals surface area contributed by atoms with Gasteiger partial charge in [-0.25, -0.2) is 9.97 Å². The molecule has 3 aromatic carbocycles. The van der Waals surface area contributed by atoms with Crippen molar-refractivity contribution in [2.75, 3.05) is 0 Å². The molecule has 3 heteroatoms. The summed E-state index contributed by atoms with van der Waals surface area (Å²) in [7, 11) is 0. The smallest absolute Gasteiger partial charge is 0.0900 e. The zero-order valence-corrected chi connectivity index (χ0v) is 17.1. The quantitative estimate of drug-likeness (QED) is 0.254. The van der Waals surface area contributed by atoms with Crippen molar-refractivity contribution < 1.29 is 0 Å². The van der Waals surface area contributed by atoms with Crippen LogP contribution in [0.1, 0.15) is 23.7 Å². The molecule has 0 unspecified atom stereocenters. The highest BCUT2D eigenvalue weighted by molar-refractivity contribution is 5.96. The largest absolute Gasteiger partial charge is 0.253 e. The number of para-hydroxylation sites is 3. The molecule has 144 valence electrons. The Morgan fingerprint density at radius 2 is 1.37 bits per heavy atom. The molecule has 0 amide bonds. The molecular weight excluding hydrogens is 366 g/mol. The topological polar surface area (TPSA) is 38.7 Å². The van der Waals surface area contributed by atoms with Crippen molar-refractivity contribution in [3.63, 3.8) is 0 Å². The van der Waals surface area contributed by atoms with Crippen molar-refractivity contribution >= 4 is 44.6 Å². The van der Waals surface area contributed by atoms with E-state index in [0.29, 0.717) is 0 Å². The van der Waals surface area contributed by atoms with Crippen LogP contribution in [0, 0.1) is 6.92 Å². The standard InChI is InChI=1S/C27H21N3/c1-17(2)22(15-21-14-20-8-4-5-9-23(20)28-18(21)3)19-12-13-26-27(16-19)30-25-11-7-6-10-24(25)29-26/h4-16H,1H2,2-3H3. The number of hydrogen-bond acceptors (Lipinski definition) is 3. The molecular formula is C27H21N3. The Morgan fingerprint density at radius 1 is 0.733 bits per heavy atom. The van der Waals surface area contributed by atoms with Crippen LogP contribution in [0.2, 0.25) is 0 Å². The number of nitrogens with zero attached hydrogens (tertiary/aromatic N) is 3. The third-order valence-corrected chi connectivity index (χ3v) is 5.36. The molecule has 0 spiro atoms. The number of fused-ring (bicyclic) bond motifs is 3.